The normalized spacial score (nSPS) is 16.5. The van der Waals surface area contributed by atoms with Crippen molar-refractivity contribution in [2.75, 3.05) is 0 Å². The Kier molecular flexibility index (Phi) is 3.26. The van der Waals surface area contributed by atoms with Gasteiger partial charge in [-0.2, -0.15) is 4.98 Å². The van der Waals surface area contributed by atoms with E-state index in [-0.39, 0.29) is 11.1 Å². The topological polar surface area (TPSA) is 38.1 Å². The highest BCUT2D eigenvalue weighted by Gasteiger charge is 2.10. The van der Waals surface area contributed by atoms with Gasteiger partial charge in [0.1, 0.15) is 0 Å². The molecule has 0 unspecified atom stereocenters. The van der Waals surface area contributed by atoms with Crippen LogP contribution in [-0.4, -0.2) is 15.7 Å². The number of hydrogen-bond acceptors (Lipinski definition) is 3. The van der Waals surface area contributed by atoms with Gasteiger partial charge in [-0.3, -0.25) is 0 Å². The Labute approximate surface area is 92.4 Å². The minimum absolute atomic E-state index is 0.0339. The van der Waals surface area contributed by atoms with Crippen LogP contribution in [0.2, 0.25) is 5.28 Å². The smallest absolute Gasteiger partial charge is 0.224 e. The molecule has 0 N–H and O–H groups in total. The van der Waals surface area contributed by atoms with Crippen molar-refractivity contribution >= 4 is 23.1 Å². The summed E-state index contributed by atoms with van der Waals surface area (Å²) < 4.78 is 13.2. The van der Waals surface area contributed by atoms with Crippen LogP contribution in [0.1, 0.15) is 32.1 Å². The first-order valence-corrected chi connectivity index (χ1v) is 5.38. The Morgan fingerprint density at radius 3 is 2.73 bits per heavy atom. The van der Waals surface area contributed by atoms with Crippen molar-refractivity contribution in [3.8, 4) is 0 Å². The molecule has 3 nitrogen and oxygen atoms in total. The van der Waals surface area contributed by atoms with Crippen molar-refractivity contribution in [2.45, 2.75) is 32.1 Å². The lowest BCUT2D eigenvalue weighted by atomic mass is 9.98. The molecule has 1 saturated carbocycles. The van der Waals surface area contributed by atoms with Crippen LogP contribution in [0.25, 0.3) is 0 Å². The summed E-state index contributed by atoms with van der Waals surface area (Å²) in [7, 11) is 0. The summed E-state index contributed by atoms with van der Waals surface area (Å²) in [5.41, 5.74) is 1.01. The van der Waals surface area contributed by atoms with E-state index in [0.717, 1.165) is 37.6 Å². The van der Waals surface area contributed by atoms with Crippen LogP contribution in [0.4, 0.5) is 10.2 Å². The molecule has 1 aromatic heterocycles. The summed E-state index contributed by atoms with van der Waals surface area (Å²) in [5.74, 6) is -0.454. The van der Waals surface area contributed by atoms with Gasteiger partial charge in [0.25, 0.3) is 0 Å². The molecular formula is C10H11ClFN3. The summed E-state index contributed by atoms with van der Waals surface area (Å²) in [6.07, 6.45) is 6.39. The predicted molar refractivity (Wildman–Crippen MR) is 57.2 cm³/mol. The minimum atomic E-state index is -0.516. The minimum Gasteiger partial charge on any atom is -0.235 e. The fraction of sp³-hybridized carbons (Fsp3) is 0.500. The molecule has 0 aliphatic heterocycles. The molecule has 1 heterocycles. The largest absolute Gasteiger partial charge is 0.235 e. The maximum Gasteiger partial charge on any atom is 0.224 e. The van der Waals surface area contributed by atoms with Crippen LogP contribution in [0.5, 0.6) is 0 Å². The molecule has 0 atom stereocenters. The first-order valence-electron chi connectivity index (χ1n) is 5.00. The van der Waals surface area contributed by atoms with Crippen LogP contribution >= 0.6 is 11.6 Å². The zero-order valence-electron chi connectivity index (χ0n) is 8.21. The van der Waals surface area contributed by atoms with Crippen LogP contribution < -0.4 is 0 Å². The number of halogens is 2. The van der Waals surface area contributed by atoms with Gasteiger partial charge in [0.2, 0.25) is 5.28 Å². The molecule has 0 saturated heterocycles. The van der Waals surface area contributed by atoms with E-state index in [1.807, 2.05) is 0 Å². The van der Waals surface area contributed by atoms with Crippen molar-refractivity contribution in [1.29, 1.82) is 0 Å². The summed E-state index contributed by atoms with van der Waals surface area (Å²) in [6.45, 7) is 0. The maximum absolute atomic E-state index is 13.2. The lowest BCUT2D eigenvalue weighted by Gasteiger charge is -2.11. The fourth-order valence-electron chi connectivity index (χ4n) is 1.64. The highest BCUT2D eigenvalue weighted by atomic mass is 35.5. The molecule has 5 heteroatoms. The molecule has 1 aromatic rings. The third-order valence-corrected chi connectivity index (χ3v) is 2.57. The van der Waals surface area contributed by atoms with E-state index in [0.29, 0.717) is 0 Å². The lowest BCUT2D eigenvalue weighted by molar-refractivity contribution is 0.614. The average molecular weight is 228 g/mol. The molecule has 80 valence electrons. The number of nitrogens with zero attached hydrogens (tertiary/aromatic N) is 3. The summed E-state index contributed by atoms with van der Waals surface area (Å²) in [6, 6.07) is 0. The van der Waals surface area contributed by atoms with Crippen molar-refractivity contribution < 1.29 is 4.39 Å². The number of aliphatic imine (C=N–C) groups is 1. The molecule has 1 aliphatic carbocycles. The van der Waals surface area contributed by atoms with E-state index in [9.17, 15) is 4.39 Å². The van der Waals surface area contributed by atoms with E-state index in [4.69, 9.17) is 11.6 Å². The van der Waals surface area contributed by atoms with Crippen LogP contribution in [0.3, 0.4) is 0 Å². The zero-order chi connectivity index (χ0) is 10.7. The number of hydrogen-bond donors (Lipinski definition) is 0. The van der Waals surface area contributed by atoms with Gasteiger partial charge in [-0.15, -0.1) is 0 Å². The van der Waals surface area contributed by atoms with Gasteiger partial charge in [0, 0.05) is 5.71 Å². The predicted octanol–water partition coefficient (Wildman–Crippen LogP) is 3.31. The van der Waals surface area contributed by atoms with Gasteiger partial charge in [-0.1, -0.05) is 6.42 Å². The van der Waals surface area contributed by atoms with Crippen molar-refractivity contribution in [3.63, 3.8) is 0 Å². The van der Waals surface area contributed by atoms with Crippen LogP contribution in [0, 0.1) is 5.82 Å². The standard InChI is InChI=1S/C10H11ClFN3/c11-10-13-6-8(12)9(15-10)14-7-4-2-1-3-5-7/h6H,1-5H2. The Bertz CT molecular complexity index is 384. The quantitative estimate of drug-likeness (QED) is 0.691. The number of aromatic nitrogens is 2. The molecule has 0 amide bonds. The first-order chi connectivity index (χ1) is 7.25. The first kappa shape index (κ1) is 10.5. The number of rotatable bonds is 1. The van der Waals surface area contributed by atoms with E-state index in [2.05, 4.69) is 15.0 Å². The van der Waals surface area contributed by atoms with Crippen LogP contribution in [-0.2, 0) is 0 Å². The van der Waals surface area contributed by atoms with Crippen molar-refractivity contribution in [3.05, 3.63) is 17.3 Å². The second-order valence-corrected chi connectivity index (χ2v) is 3.89. The third kappa shape index (κ3) is 2.72. The lowest BCUT2D eigenvalue weighted by Crippen LogP contribution is -2.04. The van der Waals surface area contributed by atoms with Gasteiger partial charge >= 0.3 is 0 Å². The van der Waals surface area contributed by atoms with E-state index >= 15 is 0 Å². The van der Waals surface area contributed by atoms with Gasteiger partial charge in [0.05, 0.1) is 6.20 Å². The highest BCUT2D eigenvalue weighted by Crippen LogP contribution is 2.21. The maximum atomic E-state index is 13.2. The van der Waals surface area contributed by atoms with Gasteiger partial charge in [-0.25, -0.2) is 14.4 Å². The molecule has 0 spiro atoms. The van der Waals surface area contributed by atoms with Crippen molar-refractivity contribution in [2.24, 2.45) is 4.99 Å². The average Bonchev–Trinajstić information content (AvgIpc) is 2.25. The molecule has 1 fully saturated rings. The van der Waals surface area contributed by atoms with E-state index in [1.54, 1.807) is 0 Å². The summed E-state index contributed by atoms with van der Waals surface area (Å²) in [5, 5.41) is 0.0339. The highest BCUT2D eigenvalue weighted by molar-refractivity contribution is 6.28. The van der Waals surface area contributed by atoms with Crippen molar-refractivity contribution in [1.82, 2.24) is 9.97 Å². The Balaban J connectivity index is 2.25. The third-order valence-electron chi connectivity index (χ3n) is 2.39. The summed E-state index contributed by atoms with van der Waals surface area (Å²) >= 11 is 5.58. The summed E-state index contributed by atoms with van der Waals surface area (Å²) in [4.78, 5) is 11.5. The zero-order valence-corrected chi connectivity index (χ0v) is 8.97. The van der Waals surface area contributed by atoms with E-state index < -0.39 is 5.82 Å². The SMILES string of the molecule is Fc1cnc(Cl)nc1N=C1CCCCC1. The second kappa shape index (κ2) is 4.66. The molecule has 2 rings (SSSR count). The Morgan fingerprint density at radius 1 is 1.27 bits per heavy atom. The molecular weight excluding hydrogens is 217 g/mol. The monoisotopic (exact) mass is 227 g/mol. The van der Waals surface area contributed by atoms with Gasteiger partial charge in [-0.05, 0) is 37.3 Å². The fourth-order valence-corrected chi connectivity index (χ4v) is 1.77. The Hall–Kier alpha value is -1.03. The van der Waals surface area contributed by atoms with E-state index in [1.165, 1.54) is 6.42 Å². The van der Waals surface area contributed by atoms with Gasteiger partial charge < -0.3 is 0 Å². The molecule has 0 radical (unpaired) electrons. The second-order valence-electron chi connectivity index (χ2n) is 3.55. The Morgan fingerprint density at radius 2 is 2.00 bits per heavy atom. The molecule has 1 aliphatic rings. The molecule has 0 bridgehead atoms. The van der Waals surface area contributed by atoms with Gasteiger partial charge in [0.15, 0.2) is 11.6 Å². The van der Waals surface area contributed by atoms with Crippen LogP contribution in [0.15, 0.2) is 11.2 Å². The molecule has 0 aromatic carbocycles. The molecule has 15 heavy (non-hydrogen) atoms.